The fourth-order valence-corrected chi connectivity index (χ4v) is 4.80. The first-order valence-corrected chi connectivity index (χ1v) is 10.7. The third-order valence-electron chi connectivity index (χ3n) is 4.12. The van der Waals surface area contributed by atoms with Crippen LogP contribution < -0.4 is 9.46 Å². The monoisotopic (exact) mass is 421 g/mol. The van der Waals surface area contributed by atoms with Gasteiger partial charge < -0.3 is 13.9 Å². The zero-order valence-corrected chi connectivity index (χ0v) is 16.9. The molecule has 0 spiro atoms. The molecule has 9 heteroatoms. The van der Waals surface area contributed by atoms with Crippen LogP contribution in [0.2, 0.25) is 0 Å². The molecule has 0 saturated carbocycles. The third-order valence-corrected chi connectivity index (χ3v) is 6.56. The van der Waals surface area contributed by atoms with Crippen LogP contribution >= 0.6 is 11.3 Å². The van der Waals surface area contributed by atoms with Crippen LogP contribution in [0.15, 0.2) is 63.4 Å². The van der Waals surface area contributed by atoms with Gasteiger partial charge in [-0.1, -0.05) is 6.07 Å². The summed E-state index contributed by atoms with van der Waals surface area (Å²) in [5.74, 6) is -0.128. The highest BCUT2D eigenvalue weighted by atomic mass is 32.2. The number of rotatable bonds is 8. The lowest BCUT2D eigenvalue weighted by Gasteiger charge is -2.16. The van der Waals surface area contributed by atoms with E-state index in [1.165, 1.54) is 43.8 Å². The third kappa shape index (κ3) is 4.27. The molecule has 0 amide bonds. The summed E-state index contributed by atoms with van der Waals surface area (Å²) >= 11 is 1.51. The number of carbonyl (C=O) groups excluding carboxylic acids is 1. The molecule has 2 heterocycles. The highest BCUT2D eigenvalue weighted by Crippen LogP contribution is 2.30. The van der Waals surface area contributed by atoms with Gasteiger partial charge in [-0.25, -0.2) is 17.9 Å². The van der Waals surface area contributed by atoms with Crippen LogP contribution in [0.25, 0.3) is 0 Å². The number of furan rings is 1. The highest BCUT2D eigenvalue weighted by Gasteiger charge is 2.25. The first-order chi connectivity index (χ1) is 13.5. The standard InChI is InChI=1S/C19H19NO6S2/c1-24-16-8-7-13(19(21)25-2)11-18(16)28(22,23)20-12-14(15-5-3-9-26-15)17-6-4-10-27-17/h3-11,14,20H,12H2,1-2H3. The lowest BCUT2D eigenvalue weighted by Crippen LogP contribution is -2.29. The zero-order chi connectivity index (χ0) is 20.1. The Labute approximate surface area is 167 Å². The molecule has 0 aliphatic heterocycles. The average molecular weight is 421 g/mol. The number of ether oxygens (including phenoxy) is 2. The van der Waals surface area contributed by atoms with E-state index in [-0.39, 0.29) is 28.7 Å². The molecule has 0 saturated heterocycles. The number of sulfonamides is 1. The molecule has 1 aromatic carbocycles. The largest absolute Gasteiger partial charge is 0.495 e. The van der Waals surface area contributed by atoms with Crippen LogP contribution in [-0.4, -0.2) is 35.2 Å². The Morgan fingerprint density at radius 1 is 1.21 bits per heavy atom. The smallest absolute Gasteiger partial charge is 0.337 e. The van der Waals surface area contributed by atoms with Gasteiger partial charge in [-0.3, -0.25) is 0 Å². The zero-order valence-electron chi connectivity index (χ0n) is 15.2. The lowest BCUT2D eigenvalue weighted by molar-refractivity contribution is 0.0600. The van der Waals surface area contributed by atoms with Gasteiger partial charge >= 0.3 is 5.97 Å². The minimum absolute atomic E-state index is 0.0853. The Morgan fingerprint density at radius 2 is 2.04 bits per heavy atom. The minimum atomic E-state index is -3.96. The molecule has 0 radical (unpaired) electrons. The van der Waals surface area contributed by atoms with Crippen molar-refractivity contribution in [2.24, 2.45) is 0 Å². The fourth-order valence-electron chi connectivity index (χ4n) is 2.72. The summed E-state index contributed by atoms with van der Waals surface area (Å²) in [5, 5.41) is 1.92. The predicted molar refractivity (Wildman–Crippen MR) is 104 cm³/mol. The number of thiophene rings is 1. The SMILES string of the molecule is COC(=O)c1ccc(OC)c(S(=O)(=O)NCC(c2ccco2)c2cccs2)c1. The Hall–Kier alpha value is -2.62. The van der Waals surface area contributed by atoms with Crippen molar-refractivity contribution >= 4 is 27.3 Å². The molecule has 2 aromatic heterocycles. The van der Waals surface area contributed by atoms with Crippen LogP contribution in [0, 0.1) is 0 Å². The van der Waals surface area contributed by atoms with Crippen molar-refractivity contribution in [3.05, 3.63) is 70.3 Å². The molecule has 0 fully saturated rings. The fraction of sp³-hybridized carbons (Fsp3) is 0.211. The van der Waals surface area contributed by atoms with Crippen molar-refractivity contribution in [3.63, 3.8) is 0 Å². The summed E-state index contributed by atoms with van der Waals surface area (Å²) in [6.45, 7) is 0.0853. The number of esters is 1. The maximum Gasteiger partial charge on any atom is 0.337 e. The molecule has 1 unspecified atom stereocenters. The first kappa shape index (κ1) is 20.1. The van der Waals surface area contributed by atoms with E-state index in [0.29, 0.717) is 5.76 Å². The number of methoxy groups -OCH3 is 2. The molecule has 1 atom stereocenters. The van der Waals surface area contributed by atoms with E-state index in [4.69, 9.17) is 9.15 Å². The summed E-state index contributed by atoms with van der Waals surface area (Å²) in [6, 6.07) is 11.5. The van der Waals surface area contributed by atoms with Crippen LogP contribution in [-0.2, 0) is 14.8 Å². The number of benzene rings is 1. The molecular weight excluding hydrogens is 402 g/mol. The van der Waals surface area contributed by atoms with Gasteiger partial charge in [-0.2, -0.15) is 0 Å². The van der Waals surface area contributed by atoms with E-state index in [2.05, 4.69) is 9.46 Å². The Morgan fingerprint density at radius 3 is 2.64 bits per heavy atom. The summed E-state index contributed by atoms with van der Waals surface area (Å²) in [5.41, 5.74) is 0.115. The van der Waals surface area contributed by atoms with Crippen molar-refractivity contribution in [2.75, 3.05) is 20.8 Å². The van der Waals surface area contributed by atoms with E-state index >= 15 is 0 Å². The number of nitrogens with one attached hydrogen (secondary N) is 1. The number of hydrogen-bond acceptors (Lipinski definition) is 7. The molecule has 0 aliphatic rings. The number of hydrogen-bond donors (Lipinski definition) is 1. The van der Waals surface area contributed by atoms with Gasteiger partial charge in [0.1, 0.15) is 16.4 Å². The van der Waals surface area contributed by atoms with E-state index in [0.717, 1.165) is 4.88 Å². The maximum atomic E-state index is 12.9. The highest BCUT2D eigenvalue weighted by molar-refractivity contribution is 7.89. The summed E-state index contributed by atoms with van der Waals surface area (Å²) in [7, 11) is -1.37. The Kier molecular flexibility index (Phi) is 6.18. The van der Waals surface area contributed by atoms with Gasteiger partial charge in [0.15, 0.2) is 0 Å². The van der Waals surface area contributed by atoms with E-state index in [1.807, 2.05) is 17.5 Å². The van der Waals surface area contributed by atoms with Crippen molar-refractivity contribution < 1.29 is 27.1 Å². The van der Waals surface area contributed by atoms with Crippen molar-refractivity contribution in [1.29, 1.82) is 0 Å². The molecule has 148 valence electrons. The van der Waals surface area contributed by atoms with Crippen LogP contribution in [0.5, 0.6) is 5.75 Å². The molecular formula is C19H19NO6S2. The Bertz CT molecular complexity index is 992. The Balaban J connectivity index is 1.90. The van der Waals surface area contributed by atoms with Gasteiger partial charge in [-0.15, -0.1) is 11.3 Å². The second-order valence-electron chi connectivity index (χ2n) is 5.79. The van der Waals surface area contributed by atoms with Crippen molar-refractivity contribution in [1.82, 2.24) is 4.72 Å². The van der Waals surface area contributed by atoms with E-state index in [1.54, 1.807) is 18.4 Å². The van der Waals surface area contributed by atoms with Crippen molar-refractivity contribution in [3.8, 4) is 5.75 Å². The van der Waals surface area contributed by atoms with E-state index < -0.39 is 16.0 Å². The van der Waals surface area contributed by atoms with Gasteiger partial charge in [0.2, 0.25) is 10.0 Å². The van der Waals surface area contributed by atoms with Crippen LogP contribution in [0.4, 0.5) is 0 Å². The maximum absolute atomic E-state index is 12.9. The second-order valence-corrected chi connectivity index (χ2v) is 8.51. The molecule has 3 rings (SSSR count). The molecule has 0 bridgehead atoms. The lowest BCUT2D eigenvalue weighted by atomic mass is 10.1. The summed E-state index contributed by atoms with van der Waals surface area (Å²) < 4.78 is 43.8. The quantitative estimate of drug-likeness (QED) is 0.561. The predicted octanol–water partition coefficient (Wildman–Crippen LogP) is 3.25. The molecule has 1 N–H and O–H groups in total. The van der Waals surface area contributed by atoms with Gasteiger partial charge in [0.05, 0.1) is 32.0 Å². The van der Waals surface area contributed by atoms with Crippen LogP contribution in [0.1, 0.15) is 26.9 Å². The molecule has 28 heavy (non-hydrogen) atoms. The minimum Gasteiger partial charge on any atom is -0.495 e. The van der Waals surface area contributed by atoms with Gasteiger partial charge in [0.25, 0.3) is 0 Å². The second kappa shape index (κ2) is 8.59. The van der Waals surface area contributed by atoms with Crippen LogP contribution in [0.3, 0.4) is 0 Å². The summed E-state index contributed by atoms with van der Waals surface area (Å²) in [6.07, 6.45) is 1.55. The normalized spacial score (nSPS) is 12.5. The van der Waals surface area contributed by atoms with Crippen molar-refractivity contribution in [2.45, 2.75) is 10.8 Å². The average Bonchev–Trinajstić information content (AvgIpc) is 3.41. The van der Waals surface area contributed by atoms with E-state index in [9.17, 15) is 13.2 Å². The summed E-state index contributed by atoms with van der Waals surface area (Å²) in [4.78, 5) is 12.6. The topological polar surface area (TPSA) is 94.8 Å². The molecule has 3 aromatic rings. The molecule has 0 aliphatic carbocycles. The van der Waals surface area contributed by atoms with Gasteiger partial charge in [0, 0.05) is 11.4 Å². The first-order valence-electron chi connectivity index (χ1n) is 8.29. The number of carbonyl (C=O) groups is 1. The van der Waals surface area contributed by atoms with Gasteiger partial charge in [-0.05, 0) is 41.8 Å². The molecule has 7 nitrogen and oxygen atoms in total.